The SMILES string of the molecule is C[C@H]1CCCN1C(=O)c1nc(C(=O)NCC(C)(C)O)sc1-c1cnc(NC2CCCCC2)c(C#CN)c1. The first-order valence-corrected chi connectivity index (χ1v) is 13.8. The number of thiazole rings is 1. The highest BCUT2D eigenvalue weighted by atomic mass is 32.1. The summed E-state index contributed by atoms with van der Waals surface area (Å²) in [5, 5.41) is 16.4. The Balaban J connectivity index is 1.70. The van der Waals surface area contributed by atoms with Crippen molar-refractivity contribution in [1.29, 1.82) is 0 Å². The monoisotopic (exact) mass is 524 g/mol. The summed E-state index contributed by atoms with van der Waals surface area (Å²) in [6, 6.07) is 4.78. The quantitative estimate of drug-likeness (QED) is 0.322. The molecule has 2 amide bonds. The van der Waals surface area contributed by atoms with E-state index in [-0.39, 0.29) is 29.2 Å². The number of likely N-dealkylation sites (tertiary alicyclic amines) is 1. The minimum absolute atomic E-state index is 0.0620. The normalized spacial score (nSPS) is 18.3. The van der Waals surface area contributed by atoms with Gasteiger partial charge in [0.25, 0.3) is 11.8 Å². The van der Waals surface area contributed by atoms with Gasteiger partial charge in [0.2, 0.25) is 0 Å². The van der Waals surface area contributed by atoms with Crippen LogP contribution in [0.2, 0.25) is 0 Å². The Hall–Kier alpha value is -3.16. The van der Waals surface area contributed by atoms with Crippen LogP contribution in [-0.2, 0) is 0 Å². The van der Waals surface area contributed by atoms with Gasteiger partial charge in [-0.05, 0) is 58.4 Å². The number of pyridine rings is 1. The Morgan fingerprint density at radius 3 is 2.65 bits per heavy atom. The predicted molar refractivity (Wildman–Crippen MR) is 145 cm³/mol. The van der Waals surface area contributed by atoms with Crippen LogP contribution < -0.4 is 16.4 Å². The van der Waals surface area contributed by atoms with Crippen molar-refractivity contribution >= 4 is 29.0 Å². The van der Waals surface area contributed by atoms with Crippen molar-refractivity contribution in [3.63, 3.8) is 0 Å². The fourth-order valence-electron chi connectivity index (χ4n) is 4.82. The summed E-state index contributed by atoms with van der Waals surface area (Å²) in [5.41, 5.74) is 6.03. The van der Waals surface area contributed by atoms with Crippen molar-refractivity contribution in [2.24, 2.45) is 5.73 Å². The number of rotatable bonds is 7. The van der Waals surface area contributed by atoms with Gasteiger partial charge in [-0.1, -0.05) is 19.3 Å². The van der Waals surface area contributed by atoms with Gasteiger partial charge in [-0.2, -0.15) is 0 Å². The molecule has 1 saturated heterocycles. The zero-order chi connectivity index (χ0) is 26.6. The van der Waals surface area contributed by atoms with Crippen LogP contribution in [0.4, 0.5) is 5.82 Å². The molecule has 3 heterocycles. The molecule has 2 aromatic rings. The average molecular weight is 525 g/mol. The number of nitrogens with zero attached hydrogens (tertiary/aromatic N) is 3. The van der Waals surface area contributed by atoms with Crippen LogP contribution in [0.3, 0.4) is 0 Å². The third kappa shape index (κ3) is 6.59. The third-order valence-electron chi connectivity index (χ3n) is 6.82. The second-order valence-electron chi connectivity index (χ2n) is 10.6. The minimum Gasteiger partial charge on any atom is -0.389 e. The second-order valence-corrected chi connectivity index (χ2v) is 11.5. The Labute approximate surface area is 222 Å². The van der Waals surface area contributed by atoms with Crippen molar-refractivity contribution in [2.45, 2.75) is 83.4 Å². The molecule has 9 nitrogen and oxygen atoms in total. The summed E-state index contributed by atoms with van der Waals surface area (Å²) in [5.74, 6) is 2.97. The van der Waals surface area contributed by atoms with E-state index in [9.17, 15) is 14.7 Å². The standard InChI is InChI=1S/C27H36N6O3S/c1-17-8-7-13-33(17)26(35)21-22(37-25(32-21)24(34)30-16-27(2,3)36)19-14-18(11-12-28)23(29-15-19)31-20-9-5-4-6-10-20/h14-15,17,20,36H,4-10,13,16,28H2,1-3H3,(H,29,31)(H,30,34)/t17-/m0/s1. The maximum atomic E-state index is 13.6. The molecule has 198 valence electrons. The average Bonchev–Trinajstić information content (AvgIpc) is 3.50. The van der Waals surface area contributed by atoms with Crippen LogP contribution in [-0.4, -0.2) is 62.6 Å². The van der Waals surface area contributed by atoms with Crippen molar-refractivity contribution in [1.82, 2.24) is 20.2 Å². The highest BCUT2D eigenvalue weighted by molar-refractivity contribution is 7.17. The Morgan fingerprint density at radius 2 is 2.00 bits per heavy atom. The Kier molecular flexibility index (Phi) is 8.35. The van der Waals surface area contributed by atoms with Gasteiger partial charge in [0, 0.05) is 43.0 Å². The number of carbonyl (C=O) groups excluding carboxylic acids is 2. The third-order valence-corrected chi connectivity index (χ3v) is 7.93. The molecule has 1 aliphatic carbocycles. The molecule has 1 aliphatic heterocycles. The summed E-state index contributed by atoms with van der Waals surface area (Å²) in [4.78, 5) is 38.0. The maximum Gasteiger partial charge on any atom is 0.280 e. The van der Waals surface area contributed by atoms with E-state index >= 15 is 0 Å². The molecule has 0 spiro atoms. The van der Waals surface area contributed by atoms with Gasteiger partial charge in [0.15, 0.2) is 5.01 Å². The molecule has 2 aromatic heterocycles. The van der Waals surface area contributed by atoms with E-state index in [0.717, 1.165) is 37.0 Å². The lowest BCUT2D eigenvalue weighted by Gasteiger charge is -2.24. The van der Waals surface area contributed by atoms with E-state index in [4.69, 9.17) is 5.73 Å². The number of aliphatic hydroxyl groups is 1. The molecule has 1 atom stereocenters. The molecule has 0 aromatic carbocycles. The first kappa shape index (κ1) is 26.9. The molecule has 37 heavy (non-hydrogen) atoms. The van der Waals surface area contributed by atoms with Crippen LogP contribution in [0, 0.1) is 12.0 Å². The molecule has 0 radical (unpaired) electrons. The maximum absolute atomic E-state index is 13.6. The summed E-state index contributed by atoms with van der Waals surface area (Å²) < 4.78 is 0. The van der Waals surface area contributed by atoms with Crippen LogP contribution in [0.15, 0.2) is 12.3 Å². The summed E-state index contributed by atoms with van der Waals surface area (Å²) in [6.07, 6.45) is 9.37. The lowest BCUT2D eigenvalue weighted by molar-refractivity contribution is 0.0692. The predicted octanol–water partition coefficient (Wildman–Crippen LogP) is 3.34. The molecular weight excluding hydrogens is 488 g/mol. The highest BCUT2D eigenvalue weighted by Gasteiger charge is 2.32. The summed E-state index contributed by atoms with van der Waals surface area (Å²) in [7, 11) is 0. The smallest absolute Gasteiger partial charge is 0.280 e. The number of aromatic nitrogens is 2. The van der Waals surface area contributed by atoms with Crippen molar-refractivity contribution < 1.29 is 14.7 Å². The largest absolute Gasteiger partial charge is 0.389 e. The summed E-state index contributed by atoms with van der Waals surface area (Å²) in [6.45, 7) is 5.96. The fourth-order valence-corrected chi connectivity index (χ4v) is 5.77. The van der Waals surface area contributed by atoms with Crippen molar-refractivity contribution in [3.05, 3.63) is 28.5 Å². The van der Waals surface area contributed by atoms with Gasteiger partial charge in [0.1, 0.15) is 11.5 Å². The molecule has 0 bridgehead atoms. The number of amides is 2. The van der Waals surface area contributed by atoms with Crippen molar-refractivity contribution in [2.75, 3.05) is 18.4 Å². The molecule has 2 fully saturated rings. The molecule has 2 aliphatic rings. The van der Waals surface area contributed by atoms with E-state index in [1.807, 2.05) is 17.9 Å². The van der Waals surface area contributed by atoms with E-state index in [1.54, 1.807) is 20.0 Å². The number of nitrogens with two attached hydrogens (primary N) is 1. The lowest BCUT2D eigenvalue weighted by atomic mass is 9.95. The lowest BCUT2D eigenvalue weighted by Crippen LogP contribution is -2.38. The van der Waals surface area contributed by atoms with E-state index in [1.165, 1.54) is 19.3 Å². The molecule has 0 unspecified atom stereocenters. The van der Waals surface area contributed by atoms with Gasteiger partial charge in [0.05, 0.1) is 16.0 Å². The van der Waals surface area contributed by atoms with Crippen molar-refractivity contribution in [3.8, 4) is 22.4 Å². The van der Waals surface area contributed by atoms with Gasteiger partial charge >= 0.3 is 0 Å². The van der Waals surface area contributed by atoms with Crippen LogP contribution in [0.25, 0.3) is 10.4 Å². The minimum atomic E-state index is -1.07. The first-order valence-electron chi connectivity index (χ1n) is 13.0. The van der Waals surface area contributed by atoms with E-state index in [0.29, 0.717) is 34.4 Å². The fraction of sp³-hybridized carbons (Fsp3) is 0.556. The van der Waals surface area contributed by atoms with Crippen LogP contribution >= 0.6 is 11.3 Å². The molecule has 10 heteroatoms. The van der Waals surface area contributed by atoms with Gasteiger partial charge in [-0.15, -0.1) is 11.3 Å². The topological polar surface area (TPSA) is 133 Å². The first-order chi connectivity index (χ1) is 17.7. The number of hydrogen-bond donors (Lipinski definition) is 4. The number of carbonyl (C=O) groups is 2. The van der Waals surface area contributed by atoms with Gasteiger partial charge < -0.3 is 26.4 Å². The van der Waals surface area contributed by atoms with Gasteiger partial charge in [-0.25, -0.2) is 9.97 Å². The summed E-state index contributed by atoms with van der Waals surface area (Å²) >= 11 is 1.14. The Morgan fingerprint density at radius 1 is 1.24 bits per heavy atom. The zero-order valence-electron chi connectivity index (χ0n) is 21.8. The zero-order valence-corrected chi connectivity index (χ0v) is 22.6. The van der Waals surface area contributed by atoms with E-state index in [2.05, 4.69) is 32.6 Å². The molecular formula is C27H36N6O3S. The number of hydrogen-bond acceptors (Lipinski definition) is 8. The molecule has 4 rings (SSSR count). The second kappa shape index (κ2) is 11.5. The molecule has 1 saturated carbocycles. The Bertz CT molecular complexity index is 1200. The van der Waals surface area contributed by atoms with E-state index < -0.39 is 11.5 Å². The van der Waals surface area contributed by atoms with Crippen LogP contribution in [0.1, 0.15) is 91.6 Å². The van der Waals surface area contributed by atoms with Gasteiger partial charge in [-0.3, -0.25) is 9.59 Å². The highest BCUT2D eigenvalue weighted by Crippen LogP contribution is 2.34. The number of nitrogens with one attached hydrogen (secondary N) is 2. The number of anilines is 1. The van der Waals surface area contributed by atoms with Crippen LogP contribution in [0.5, 0.6) is 0 Å². The molecule has 5 N–H and O–H groups in total.